The van der Waals surface area contributed by atoms with Gasteiger partial charge in [-0.1, -0.05) is 45.9 Å². The molecule has 1 aromatic heterocycles. The Balaban J connectivity index is 1.57. The smallest absolute Gasteiger partial charge is 0.221 e. The molecule has 34 heavy (non-hydrogen) atoms. The summed E-state index contributed by atoms with van der Waals surface area (Å²) in [6, 6.07) is 3.50. The first-order valence-electron chi connectivity index (χ1n) is 11.0. The molecule has 4 rings (SSSR count). The number of fused-ring (bicyclic) bond motifs is 1. The normalized spacial score (nSPS) is 19.1. The fraction of sp³-hybridized carbons (Fsp3) is 0.400. The van der Waals surface area contributed by atoms with Gasteiger partial charge in [0.1, 0.15) is 5.71 Å². The van der Waals surface area contributed by atoms with E-state index in [1.807, 2.05) is 6.92 Å². The van der Waals surface area contributed by atoms with Crippen LogP contribution >= 0.6 is 46.1 Å². The molecule has 0 bridgehead atoms. The molecule has 2 aromatic rings. The highest BCUT2D eigenvalue weighted by atomic mass is 35.5. The number of rotatable bonds is 7. The molecule has 9 heteroatoms. The Morgan fingerprint density at radius 2 is 1.85 bits per heavy atom. The highest BCUT2D eigenvalue weighted by Gasteiger charge is 2.39. The summed E-state index contributed by atoms with van der Waals surface area (Å²) in [4.78, 5) is 32.6. The molecule has 1 atom stereocenters. The highest BCUT2D eigenvalue weighted by molar-refractivity contribution is 7.16. The Labute approximate surface area is 217 Å². The van der Waals surface area contributed by atoms with E-state index in [4.69, 9.17) is 46.1 Å². The topological polar surface area (TPSA) is 67.8 Å². The molecule has 5 nitrogen and oxygen atoms in total. The van der Waals surface area contributed by atoms with Crippen molar-refractivity contribution in [3.63, 3.8) is 0 Å². The highest BCUT2D eigenvalue weighted by Crippen LogP contribution is 2.44. The van der Waals surface area contributed by atoms with Gasteiger partial charge in [-0.2, -0.15) is 0 Å². The van der Waals surface area contributed by atoms with Gasteiger partial charge in [0.05, 0.1) is 31.4 Å². The quantitative estimate of drug-likeness (QED) is 0.255. The summed E-state index contributed by atoms with van der Waals surface area (Å²) < 4.78 is 0. The van der Waals surface area contributed by atoms with Crippen LogP contribution in [0.4, 0.5) is 0 Å². The number of carbonyl (C=O) groups excluding carboxylic acids is 2. The Hall–Kier alpha value is -2.04. The van der Waals surface area contributed by atoms with E-state index < -0.39 is 5.60 Å². The van der Waals surface area contributed by atoms with Crippen LogP contribution in [0.2, 0.25) is 15.1 Å². The van der Waals surface area contributed by atoms with Crippen LogP contribution < -0.4 is 5.32 Å². The zero-order chi connectivity index (χ0) is 24.5. The van der Waals surface area contributed by atoms with Gasteiger partial charge in [0.15, 0.2) is 11.4 Å². The van der Waals surface area contributed by atoms with Gasteiger partial charge in [-0.25, -0.2) is 0 Å². The standard InChI is InChI=1S/C25H23Cl3N2O3S/c1-3-10-29-21(32)9-8-20(31)24-16-7-5-4-6-15(16)23(34-24)19-13-25(2,33-30-19)14-11-17(26)22(28)18(27)12-14/h1,11-12H,4-10,13H2,2H3,(H,29,32). The first-order chi connectivity index (χ1) is 16.2. The molecular weight excluding hydrogens is 515 g/mol. The molecule has 1 N–H and O–H groups in total. The van der Waals surface area contributed by atoms with Crippen molar-refractivity contribution in [2.24, 2.45) is 5.16 Å². The van der Waals surface area contributed by atoms with Crippen molar-refractivity contribution in [1.29, 1.82) is 0 Å². The van der Waals surface area contributed by atoms with Crippen LogP contribution in [-0.2, 0) is 28.1 Å². The van der Waals surface area contributed by atoms with E-state index in [1.165, 1.54) is 16.9 Å². The number of Topliss-reactive ketones (excluding diaryl/α,β-unsaturated/α-hetero) is 1. The van der Waals surface area contributed by atoms with Crippen LogP contribution in [0.15, 0.2) is 17.3 Å². The molecular formula is C25H23Cl3N2O3S. The molecule has 2 aliphatic rings. The van der Waals surface area contributed by atoms with E-state index in [0.717, 1.165) is 52.3 Å². The number of ketones is 1. The largest absolute Gasteiger partial charge is 0.384 e. The van der Waals surface area contributed by atoms with Crippen LogP contribution in [0.1, 0.15) is 70.3 Å². The van der Waals surface area contributed by atoms with Crippen LogP contribution in [0.5, 0.6) is 0 Å². The summed E-state index contributed by atoms with van der Waals surface area (Å²) in [6.45, 7) is 2.09. The summed E-state index contributed by atoms with van der Waals surface area (Å²) in [5, 5.41) is 8.04. The number of nitrogens with zero attached hydrogens (tertiary/aromatic N) is 1. The maximum Gasteiger partial charge on any atom is 0.221 e. The molecule has 0 spiro atoms. The molecule has 2 heterocycles. The lowest BCUT2D eigenvalue weighted by atomic mass is 9.87. The van der Waals surface area contributed by atoms with E-state index >= 15 is 0 Å². The molecule has 1 aromatic carbocycles. The predicted octanol–water partition coefficient (Wildman–Crippen LogP) is 6.34. The lowest BCUT2D eigenvalue weighted by Crippen LogP contribution is -2.23. The first kappa shape index (κ1) is 25.1. The number of terminal acetylenes is 1. The lowest BCUT2D eigenvalue weighted by Gasteiger charge is -2.23. The van der Waals surface area contributed by atoms with Crippen LogP contribution in [0.25, 0.3) is 0 Å². The van der Waals surface area contributed by atoms with Crippen molar-refractivity contribution >= 4 is 63.5 Å². The third-order valence-electron chi connectivity index (χ3n) is 6.16. The number of halogens is 3. The molecule has 0 radical (unpaired) electrons. The monoisotopic (exact) mass is 536 g/mol. The average molecular weight is 538 g/mol. The molecule has 1 aliphatic heterocycles. The average Bonchev–Trinajstić information content (AvgIpc) is 3.41. The molecule has 1 aliphatic carbocycles. The zero-order valence-electron chi connectivity index (χ0n) is 18.6. The second-order valence-electron chi connectivity index (χ2n) is 8.62. The van der Waals surface area contributed by atoms with Gasteiger partial charge in [-0.3, -0.25) is 9.59 Å². The van der Waals surface area contributed by atoms with Crippen molar-refractivity contribution in [2.45, 2.75) is 57.5 Å². The number of hydrogen-bond donors (Lipinski definition) is 1. The minimum atomic E-state index is -0.752. The summed E-state index contributed by atoms with van der Waals surface area (Å²) in [6.07, 6.45) is 9.78. The van der Waals surface area contributed by atoms with Gasteiger partial charge in [0, 0.05) is 24.8 Å². The fourth-order valence-electron chi connectivity index (χ4n) is 4.35. The van der Waals surface area contributed by atoms with E-state index in [2.05, 4.69) is 16.4 Å². The van der Waals surface area contributed by atoms with Crippen molar-refractivity contribution < 1.29 is 14.4 Å². The lowest BCUT2D eigenvalue weighted by molar-refractivity contribution is -0.120. The van der Waals surface area contributed by atoms with Gasteiger partial charge >= 0.3 is 0 Å². The Morgan fingerprint density at radius 1 is 1.18 bits per heavy atom. The minimum Gasteiger partial charge on any atom is -0.384 e. The number of nitrogens with one attached hydrogen (secondary N) is 1. The van der Waals surface area contributed by atoms with Crippen molar-refractivity contribution in [2.75, 3.05) is 6.54 Å². The summed E-state index contributed by atoms with van der Waals surface area (Å²) in [7, 11) is 0. The summed E-state index contributed by atoms with van der Waals surface area (Å²) >= 11 is 20.1. The van der Waals surface area contributed by atoms with E-state index in [1.54, 1.807) is 12.1 Å². The van der Waals surface area contributed by atoms with Crippen molar-refractivity contribution in [3.8, 4) is 12.3 Å². The summed E-state index contributed by atoms with van der Waals surface area (Å²) in [5.74, 6) is 2.11. The van der Waals surface area contributed by atoms with E-state index in [9.17, 15) is 9.59 Å². The third kappa shape index (κ3) is 4.99. The molecule has 178 valence electrons. The predicted molar refractivity (Wildman–Crippen MR) is 137 cm³/mol. The molecule has 0 saturated heterocycles. The first-order valence-corrected chi connectivity index (χ1v) is 13.0. The maximum atomic E-state index is 13.1. The maximum absolute atomic E-state index is 13.1. The van der Waals surface area contributed by atoms with Gasteiger partial charge < -0.3 is 10.2 Å². The van der Waals surface area contributed by atoms with Gasteiger partial charge in [0.25, 0.3) is 0 Å². The molecule has 0 saturated carbocycles. The zero-order valence-corrected chi connectivity index (χ0v) is 21.7. The Bertz CT molecular complexity index is 1210. The second-order valence-corrected chi connectivity index (χ2v) is 10.8. The van der Waals surface area contributed by atoms with Gasteiger partial charge in [-0.15, -0.1) is 17.8 Å². The van der Waals surface area contributed by atoms with E-state index in [-0.39, 0.29) is 31.1 Å². The Kier molecular flexibility index (Phi) is 7.59. The third-order valence-corrected chi connectivity index (χ3v) is 8.72. The molecule has 1 unspecified atom stereocenters. The number of benzene rings is 1. The fourth-order valence-corrected chi connectivity index (χ4v) is 6.29. The summed E-state index contributed by atoms with van der Waals surface area (Å²) in [5.41, 5.74) is 3.10. The van der Waals surface area contributed by atoms with Crippen LogP contribution in [0, 0.1) is 12.3 Å². The van der Waals surface area contributed by atoms with Crippen molar-refractivity contribution in [1.82, 2.24) is 5.32 Å². The Morgan fingerprint density at radius 3 is 2.53 bits per heavy atom. The minimum absolute atomic E-state index is 0.0243. The molecule has 0 fully saturated rings. The van der Waals surface area contributed by atoms with Crippen molar-refractivity contribution in [3.05, 3.63) is 53.6 Å². The van der Waals surface area contributed by atoms with E-state index in [0.29, 0.717) is 21.5 Å². The van der Waals surface area contributed by atoms with Crippen LogP contribution in [0.3, 0.4) is 0 Å². The number of thiophene rings is 1. The number of amides is 1. The van der Waals surface area contributed by atoms with Gasteiger partial charge in [-0.05, 0) is 55.9 Å². The number of carbonyl (C=O) groups is 2. The van der Waals surface area contributed by atoms with Gasteiger partial charge in [0.2, 0.25) is 5.91 Å². The molecule has 1 amide bonds. The second kappa shape index (κ2) is 10.3. The number of oxime groups is 1. The SMILES string of the molecule is C#CCNC(=O)CCC(=O)c1sc(C2=NOC(C)(c3cc(Cl)c(Cl)c(Cl)c3)C2)c2c1CCCC2. The van der Waals surface area contributed by atoms with Crippen LogP contribution in [-0.4, -0.2) is 23.9 Å². The number of hydrogen-bond acceptors (Lipinski definition) is 5.